The second-order valence-corrected chi connectivity index (χ2v) is 11.7. The van der Waals surface area contributed by atoms with E-state index in [9.17, 15) is 29.8 Å². The summed E-state index contributed by atoms with van der Waals surface area (Å²) in [4.78, 5) is 39.5. The summed E-state index contributed by atoms with van der Waals surface area (Å²) in [5, 5.41) is 32.3. The molecule has 2 heterocycles. The number of hydrogen-bond donors (Lipinski definition) is 2. The lowest BCUT2D eigenvalue weighted by molar-refractivity contribution is -0.384. The van der Waals surface area contributed by atoms with Crippen LogP contribution in [0.5, 0.6) is 5.75 Å². The van der Waals surface area contributed by atoms with Gasteiger partial charge in [0.15, 0.2) is 0 Å². The minimum absolute atomic E-state index is 0.0980. The first-order valence-corrected chi connectivity index (χ1v) is 14.9. The molecule has 2 fully saturated rings. The maximum atomic E-state index is 13.9. The number of halogens is 1. The van der Waals surface area contributed by atoms with Crippen LogP contribution in [0, 0.1) is 27.9 Å². The number of allylic oxidation sites excluding steroid dienone is 2. The third kappa shape index (κ3) is 5.75. The van der Waals surface area contributed by atoms with Crippen molar-refractivity contribution in [2.24, 2.45) is 17.8 Å². The average molecular weight is 593 g/mol. The maximum Gasteiger partial charge on any atom is 0.455 e. The Labute approximate surface area is 250 Å². The van der Waals surface area contributed by atoms with E-state index in [4.69, 9.17) is 16.3 Å². The molecule has 42 heavy (non-hydrogen) atoms. The molecule has 11 heteroatoms. The van der Waals surface area contributed by atoms with Gasteiger partial charge in [0.25, 0.3) is 5.69 Å². The molecule has 0 spiro atoms. The SMILES string of the molecule is CCCC1=C2[C@@H](CC/C(=C/c3ccc(O)cc3Cl)CC)OB(O)C[C@@H]2[C@@H]2C(=O)N(c3cccc([N+](=O)[O-])c3)C(=O)[C@@H]2C1. The van der Waals surface area contributed by atoms with Crippen molar-refractivity contribution in [2.45, 2.75) is 64.8 Å². The molecule has 2 saturated heterocycles. The Hall–Kier alpha value is -3.47. The number of anilines is 1. The number of phenolic OH excluding ortho intramolecular Hbond substituents is 1. The van der Waals surface area contributed by atoms with Gasteiger partial charge in [-0.2, -0.15) is 0 Å². The maximum absolute atomic E-state index is 13.9. The zero-order valence-corrected chi connectivity index (χ0v) is 24.4. The van der Waals surface area contributed by atoms with E-state index in [2.05, 4.69) is 13.8 Å². The fraction of sp³-hybridized carbons (Fsp3) is 0.419. The van der Waals surface area contributed by atoms with Crippen LogP contribution >= 0.6 is 11.6 Å². The van der Waals surface area contributed by atoms with Gasteiger partial charge in [-0.25, -0.2) is 4.90 Å². The molecule has 5 rings (SSSR count). The number of nitro benzene ring substituents is 1. The number of non-ortho nitro benzene ring substituents is 1. The second-order valence-electron chi connectivity index (χ2n) is 11.3. The fourth-order valence-electron chi connectivity index (χ4n) is 6.82. The quantitative estimate of drug-likeness (QED) is 0.114. The highest BCUT2D eigenvalue weighted by Gasteiger charge is 2.57. The molecule has 2 amide bonds. The van der Waals surface area contributed by atoms with Gasteiger partial charge in [0.1, 0.15) is 5.75 Å². The van der Waals surface area contributed by atoms with Gasteiger partial charge in [-0.15, -0.1) is 0 Å². The number of carbonyl (C=O) groups excluding carboxylic acids is 2. The minimum Gasteiger partial charge on any atom is -0.508 e. The molecule has 0 bridgehead atoms. The Bertz CT molecular complexity index is 1470. The lowest BCUT2D eigenvalue weighted by Gasteiger charge is -2.43. The van der Waals surface area contributed by atoms with Crippen LogP contribution in [-0.2, 0) is 14.2 Å². The second kappa shape index (κ2) is 12.4. The van der Waals surface area contributed by atoms with Crippen molar-refractivity contribution < 1.29 is 29.3 Å². The Morgan fingerprint density at radius 1 is 1.19 bits per heavy atom. The third-order valence-electron chi connectivity index (χ3n) is 8.68. The molecule has 2 aromatic rings. The smallest absolute Gasteiger partial charge is 0.455 e. The van der Waals surface area contributed by atoms with E-state index in [0.29, 0.717) is 24.3 Å². The topological polar surface area (TPSA) is 130 Å². The van der Waals surface area contributed by atoms with Crippen LogP contribution in [0.2, 0.25) is 11.3 Å². The number of hydrogen-bond acceptors (Lipinski definition) is 7. The van der Waals surface area contributed by atoms with Crippen molar-refractivity contribution in [1.82, 2.24) is 0 Å². The Kier molecular flexibility index (Phi) is 8.87. The number of carbonyl (C=O) groups is 2. The number of rotatable bonds is 9. The predicted molar refractivity (Wildman–Crippen MR) is 161 cm³/mol. The van der Waals surface area contributed by atoms with Gasteiger partial charge in [-0.05, 0) is 79.7 Å². The molecule has 1 aliphatic carbocycles. The van der Waals surface area contributed by atoms with Crippen LogP contribution in [0.15, 0.2) is 59.2 Å². The number of phenols is 1. The summed E-state index contributed by atoms with van der Waals surface area (Å²) in [6.45, 7) is 4.12. The first kappa shape index (κ1) is 30.0. The molecule has 4 atom stereocenters. The largest absolute Gasteiger partial charge is 0.508 e. The van der Waals surface area contributed by atoms with Crippen LogP contribution < -0.4 is 4.90 Å². The van der Waals surface area contributed by atoms with Crippen molar-refractivity contribution in [3.8, 4) is 5.75 Å². The van der Waals surface area contributed by atoms with Crippen LogP contribution in [0.1, 0.15) is 57.9 Å². The molecule has 0 radical (unpaired) electrons. The lowest BCUT2D eigenvalue weighted by Crippen LogP contribution is -2.46. The van der Waals surface area contributed by atoms with E-state index < -0.39 is 30.0 Å². The van der Waals surface area contributed by atoms with E-state index in [-0.39, 0.29) is 41.2 Å². The summed E-state index contributed by atoms with van der Waals surface area (Å²) < 4.78 is 6.11. The van der Waals surface area contributed by atoms with Crippen molar-refractivity contribution in [2.75, 3.05) is 4.90 Å². The van der Waals surface area contributed by atoms with E-state index in [0.717, 1.165) is 46.4 Å². The van der Waals surface area contributed by atoms with E-state index in [1.807, 2.05) is 6.08 Å². The zero-order chi connectivity index (χ0) is 30.1. The number of fused-ring (bicyclic) bond motifs is 3. The highest BCUT2D eigenvalue weighted by Crippen LogP contribution is 2.52. The first-order chi connectivity index (χ1) is 20.1. The van der Waals surface area contributed by atoms with Gasteiger partial charge >= 0.3 is 7.12 Å². The van der Waals surface area contributed by atoms with E-state index >= 15 is 0 Å². The molecule has 3 aliphatic rings. The molecular weight excluding hydrogens is 559 g/mol. The van der Waals surface area contributed by atoms with Gasteiger partial charge < -0.3 is 14.8 Å². The van der Waals surface area contributed by atoms with Crippen LogP contribution in [0.25, 0.3) is 6.08 Å². The van der Waals surface area contributed by atoms with Gasteiger partial charge in [-0.1, -0.05) is 55.2 Å². The fourth-order valence-corrected chi connectivity index (χ4v) is 7.05. The summed E-state index contributed by atoms with van der Waals surface area (Å²) in [5.41, 5.74) is 4.05. The van der Waals surface area contributed by atoms with E-state index in [1.165, 1.54) is 24.3 Å². The summed E-state index contributed by atoms with van der Waals surface area (Å²) in [6, 6.07) is 10.5. The monoisotopic (exact) mass is 592 g/mol. The van der Waals surface area contributed by atoms with Crippen molar-refractivity contribution in [1.29, 1.82) is 0 Å². The average Bonchev–Trinajstić information content (AvgIpc) is 3.21. The number of benzene rings is 2. The van der Waals surface area contributed by atoms with Crippen molar-refractivity contribution in [3.63, 3.8) is 0 Å². The minimum atomic E-state index is -1.08. The van der Waals surface area contributed by atoms with Crippen molar-refractivity contribution >= 4 is 48.0 Å². The first-order valence-electron chi connectivity index (χ1n) is 14.5. The van der Waals surface area contributed by atoms with Gasteiger partial charge in [0, 0.05) is 12.1 Å². The molecule has 0 aromatic heterocycles. The number of aromatic hydroxyl groups is 1. The molecule has 2 N–H and O–H groups in total. The third-order valence-corrected chi connectivity index (χ3v) is 9.01. The number of nitro groups is 1. The number of amides is 2. The predicted octanol–water partition coefficient (Wildman–Crippen LogP) is 6.33. The van der Waals surface area contributed by atoms with Crippen LogP contribution in [0.4, 0.5) is 11.4 Å². The van der Waals surface area contributed by atoms with Crippen LogP contribution in [0.3, 0.4) is 0 Å². The Morgan fingerprint density at radius 3 is 2.67 bits per heavy atom. The lowest BCUT2D eigenvalue weighted by atomic mass is 9.58. The number of imide groups is 1. The van der Waals surface area contributed by atoms with Gasteiger partial charge in [0.2, 0.25) is 11.8 Å². The molecule has 2 aliphatic heterocycles. The summed E-state index contributed by atoms with van der Waals surface area (Å²) in [5.74, 6) is -2.24. The molecular formula is C31H34BClN2O7. The zero-order valence-electron chi connectivity index (χ0n) is 23.7. The molecule has 0 saturated carbocycles. The van der Waals surface area contributed by atoms with Gasteiger partial charge in [-0.3, -0.25) is 19.7 Å². The summed E-state index contributed by atoms with van der Waals surface area (Å²) >= 11 is 6.33. The van der Waals surface area contributed by atoms with Crippen LogP contribution in [-0.4, -0.2) is 40.1 Å². The Morgan fingerprint density at radius 2 is 1.98 bits per heavy atom. The van der Waals surface area contributed by atoms with Crippen molar-refractivity contribution in [3.05, 3.63) is 79.9 Å². The molecule has 9 nitrogen and oxygen atoms in total. The molecule has 2 aromatic carbocycles. The molecule has 220 valence electrons. The highest BCUT2D eigenvalue weighted by atomic mass is 35.5. The normalized spacial score (nSPS) is 24.2. The van der Waals surface area contributed by atoms with Gasteiger partial charge in [0.05, 0.1) is 33.6 Å². The Balaban J connectivity index is 1.45. The standard InChI is InChI=1S/C31H34BClN2O7/c1-3-6-20-14-24-29(31(38)34(30(24)37)21-7-5-8-22(15-21)35(40)41)25-17-32(39)42-27(28(20)25)12-9-18(4-2)13-19-10-11-23(36)16-26(19)33/h5,7-8,10-11,13,15-16,24-25,27,29,36,39H,3-4,6,9,12,14,17H2,1-2H3/b18-13+/t24-,25+,27-,29-/m1/s1. The summed E-state index contributed by atoms with van der Waals surface area (Å²) in [7, 11) is -1.08. The highest BCUT2D eigenvalue weighted by molar-refractivity contribution is 6.43. The molecule has 0 unspecified atom stereocenters. The summed E-state index contributed by atoms with van der Waals surface area (Å²) in [6.07, 6.45) is 5.86. The number of nitrogens with zero attached hydrogens (tertiary/aromatic N) is 2. The van der Waals surface area contributed by atoms with E-state index in [1.54, 1.807) is 18.2 Å².